The molecule has 0 fully saturated rings. The van der Waals surface area contributed by atoms with Crippen LogP contribution < -0.4 is 4.57 Å². The molecule has 0 spiro atoms. The fourth-order valence-corrected chi connectivity index (χ4v) is 1.55. The number of benzene rings is 1. The summed E-state index contributed by atoms with van der Waals surface area (Å²) >= 11 is 6.02. The third-order valence-corrected chi connectivity index (χ3v) is 2.32. The zero-order chi connectivity index (χ0) is 13.1. The molecule has 0 unspecified atom stereocenters. The maximum Gasteiger partial charge on any atom is 0.673 e. The molecule has 1 aromatic carbocycles. The van der Waals surface area contributed by atoms with Gasteiger partial charge in [-0.1, -0.05) is 23.7 Å². The molecule has 0 aliphatic rings. The molecule has 0 saturated carbocycles. The van der Waals surface area contributed by atoms with Gasteiger partial charge in [-0.3, -0.25) is 0 Å². The molecule has 0 N–H and O–H groups in total. The largest absolute Gasteiger partial charge is 0.673 e. The van der Waals surface area contributed by atoms with Gasteiger partial charge in [-0.2, -0.15) is 0 Å². The quantitative estimate of drug-likeness (QED) is 0.389. The van der Waals surface area contributed by atoms with Crippen molar-refractivity contribution >= 4 is 29.8 Å². The van der Waals surface area contributed by atoms with Gasteiger partial charge in [-0.25, -0.2) is 4.57 Å². The Morgan fingerprint density at radius 1 is 1.06 bits per heavy atom. The first kappa shape index (κ1) is 13.8. The molecule has 1 heterocycles. The van der Waals surface area contributed by atoms with E-state index in [1.807, 2.05) is 37.5 Å². The van der Waals surface area contributed by atoms with Crippen LogP contribution >= 0.6 is 11.6 Å². The van der Waals surface area contributed by atoms with Crippen molar-refractivity contribution in [2.75, 3.05) is 0 Å². The fourth-order valence-electron chi connectivity index (χ4n) is 1.33. The van der Waals surface area contributed by atoms with Crippen LogP contribution in [0.25, 0.3) is 10.9 Å². The Labute approximate surface area is 101 Å². The van der Waals surface area contributed by atoms with Gasteiger partial charge in [0.2, 0.25) is 5.52 Å². The molecule has 92 valence electrons. The van der Waals surface area contributed by atoms with Gasteiger partial charge in [-0.15, -0.1) is 0 Å². The Bertz CT molecular complexity index is 469. The second-order valence-electron chi connectivity index (χ2n) is 3.29. The number of rotatable bonds is 0. The van der Waals surface area contributed by atoms with E-state index in [0.717, 1.165) is 15.9 Å². The lowest BCUT2D eigenvalue weighted by molar-refractivity contribution is -0.644. The van der Waals surface area contributed by atoms with Crippen molar-refractivity contribution in [1.29, 1.82) is 0 Å². The molecular weight excluding hydrogens is 256 g/mol. The molecule has 0 radical (unpaired) electrons. The summed E-state index contributed by atoms with van der Waals surface area (Å²) in [7, 11) is -3.99. The van der Waals surface area contributed by atoms with Crippen LogP contribution in [-0.4, -0.2) is 7.25 Å². The van der Waals surface area contributed by atoms with Gasteiger partial charge in [0, 0.05) is 12.1 Å². The Hall–Kier alpha value is -1.30. The van der Waals surface area contributed by atoms with Crippen molar-refractivity contribution < 1.29 is 21.8 Å². The van der Waals surface area contributed by atoms with Crippen LogP contribution in [0.15, 0.2) is 36.5 Å². The maximum absolute atomic E-state index is 9.75. The molecular formula is C10H9BClF4N. The third-order valence-electron chi connectivity index (χ3n) is 1.99. The fraction of sp³-hybridized carbons (Fsp3) is 0.100. The molecule has 17 heavy (non-hydrogen) atoms. The van der Waals surface area contributed by atoms with E-state index in [2.05, 4.69) is 10.6 Å². The first-order valence-electron chi connectivity index (χ1n) is 4.69. The number of halogens is 5. The number of fused-ring (bicyclic) bond motifs is 1. The molecule has 2 rings (SSSR count). The second-order valence-corrected chi connectivity index (χ2v) is 3.69. The minimum Gasteiger partial charge on any atom is -0.418 e. The molecule has 1 nitrogen and oxygen atoms in total. The van der Waals surface area contributed by atoms with E-state index in [4.69, 9.17) is 11.6 Å². The van der Waals surface area contributed by atoms with Gasteiger partial charge >= 0.3 is 7.25 Å². The van der Waals surface area contributed by atoms with E-state index in [1.54, 1.807) is 0 Å². The smallest absolute Gasteiger partial charge is 0.418 e. The van der Waals surface area contributed by atoms with Gasteiger partial charge in [-0.05, 0) is 6.07 Å². The number of aromatic nitrogens is 1. The predicted molar refractivity (Wildman–Crippen MR) is 60.3 cm³/mol. The number of nitrogens with zero attached hydrogens (tertiary/aromatic N) is 1. The van der Waals surface area contributed by atoms with Crippen molar-refractivity contribution in [3.63, 3.8) is 0 Å². The molecule has 7 heteroatoms. The van der Waals surface area contributed by atoms with E-state index in [0.29, 0.717) is 0 Å². The van der Waals surface area contributed by atoms with Crippen molar-refractivity contribution in [2.45, 2.75) is 0 Å². The maximum atomic E-state index is 9.75. The number of hydrogen-bond donors (Lipinski definition) is 0. The molecule has 0 aliphatic heterocycles. The summed E-state index contributed by atoms with van der Waals surface area (Å²) in [6.07, 6.45) is 1.96. The lowest BCUT2D eigenvalue weighted by Crippen LogP contribution is -2.27. The van der Waals surface area contributed by atoms with Gasteiger partial charge in [0.05, 0.1) is 10.4 Å². The predicted octanol–water partition coefficient (Wildman–Crippen LogP) is 3.62. The zero-order valence-corrected chi connectivity index (χ0v) is 9.63. The molecule has 0 aliphatic carbocycles. The Morgan fingerprint density at radius 3 is 2.12 bits per heavy atom. The molecule has 2 aromatic rings. The average Bonchev–Trinajstić information content (AvgIpc) is 2.22. The van der Waals surface area contributed by atoms with Crippen LogP contribution in [0.4, 0.5) is 17.3 Å². The summed E-state index contributed by atoms with van der Waals surface area (Å²) in [5.74, 6) is 0. The number of hydrogen-bond acceptors (Lipinski definition) is 0. The van der Waals surface area contributed by atoms with Crippen LogP contribution in [0.1, 0.15) is 0 Å². The number of pyridine rings is 1. The highest BCUT2D eigenvalue weighted by atomic mass is 35.5. The third kappa shape index (κ3) is 4.60. The van der Waals surface area contributed by atoms with E-state index < -0.39 is 7.25 Å². The van der Waals surface area contributed by atoms with Crippen LogP contribution in [0.3, 0.4) is 0 Å². The summed E-state index contributed by atoms with van der Waals surface area (Å²) in [5.41, 5.74) is 1.16. The van der Waals surface area contributed by atoms with Gasteiger partial charge in [0.25, 0.3) is 0 Å². The lowest BCUT2D eigenvalue weighted by Gasteiger charge is -1.96. The van der Waals surface area contributed by atoms with Crippen molar-refractivity contribution in [2.24, 2.45) is 7.05 Å². The summed E-state index contributed by atoms with van der Waals surface area (Å²) in [4.78, 5) is 0. The Balaban J connectivity index is 0.000000249. The summed E-state index contributed by atoms with van der Waals surface area (Å²) in [5, 5.41) is 1.91. The molecule has 0 amide bonds. The summed E-state index contributed by atoms with van der Waals surface area (Å²) in [6.45, 7) is 0. The molecule has 0 bridgehead atoms. The highest BCUT2D eigenvalue weighted by molar-refractivity contribution is 6.50. The topological polar surface area (TPSA) is 3.88 Å². The van der Waals surface area contributed by atoms with E-state index in [-0.39, 0.29) is 0 Å². The van der Waals surface area contributed by atoms with Crippen molar-refractivity contribution in [1.82, 2.24) is 0 Å². The monoisotopic (exact) mass is 265 g/mol. The first-order chi connectivity index (χ1) is 7.79. The minimum absolute atomic E-state index is 0.809. The van der Waals surface area contributed by atoms with E-state index >= 15 is 0 Å². The van der Waals surface area contributed by atoms with Gasteiger partial charge in [0.1, 0.15) is 7.05 Å². The highest BCUT2D eigenvalue weighted by Gasteiger charge is 2.20. The van der Waals surface area contributed by atoms with Crippen LogP contribution in [-0.2, 0) is 7.05 Å². The summed E-state index contributed by atoms with van der Waals surface area (Å²) in [6, 6.07) is 10.00. The Morgan fingerprint density at radius 2 is 1.59 bits per heavy atom. The SMILES string of the molecule is C[n+]1ccc(Cl)c2ccccc21.F[B-](F)(F)F. The highest BCUT2D eigenvalue weighted by Crippen LogP contribution is 2.18. The Kier molecular flexibility index (Phi) is 4.34. The van der Waals surface area contributed by atoms with Crippen LogP contribution in [0, 0.1) is 0 Å². The van der Waals surface area contributed by atoms with E-state index in [9.17, 15) is 17.3 Å². The lowest BCUT2D eigenvalue weighted by atomic mass is 10.2. The second kappa shape index (κ2) is 5.36. The average molecular weight is 265 g/mol. The van der Waals surface area contributed by atoms with E-state index in [1.165, 1.54) is 0 Å². The summed E-state index contributed by atoms with van der Waals surface area (Å²) < 4.78 is 41.1. The van der Waals surface area contributed by atoms with Crippen LogP contribution in [0.5, 0.6) is 0 Å². The first-order valence-corrected chi connectivity index (χ1v) is 5.07. The van der Waals surface area contributed by atoms with Crippen molar-refractivity contribution in [3.05, 3.63) is 41.6 Å². The molecule has 0 saturated heterocycles. The van der Waals surface area contributed by atoms with Gasteiger partial charge in [0.15, 0.2) is 6.20 Å². The van der Waals surface area contributed by atoms with Crippen LogP contribution in [0.2, 0.25) is 5.02 Å². The number of aryl methyl sites for hydroxylation is 1. The standard InChI is InChI=1S/C10H9ClN.BF4/c1-12-7-6-9(11)8-4-2-3-5-10(8)12;2-1(3,4)5/h2-7H,1H3;/q+1;-1. The zero-order valence-electron chi connectivity index (χ0n) is 8.88. The normalized spacial score (nSPS) is 10.9. The van der Waals surface area contributed by atoms with Crippen molar-refractivity contribution in [3.8, 4) is 0 Å². The molecule has 1 aromatic heterocycles. The molecule has 0 atom stereocenters. The minimum atomic E-state index is -6.00. The van der Waals surface area contributed by atoms with Gasteiger partial charge < -0.3 is 17.3 Å². The number of para-hydroxylation sites is 1.